The summed E-state index contributed by atoms with van der Waals surface area (Å²) in [5.74, 6) is 1.44. The zero-order chi connectivity index (χ0) is 22.1. The highest BCUT2D eigenvalue weighted by atomic mass is 16.5. The minimum absolute atomic E-state index is 0.379. The fourth-order valence-electron chi connectivity index (χ4n) is 5.07. The Kier molecular flexibility index (Phi) is 5.48. The molecule has 0 amide bonds. The van der Waals surface area contributed by atoms with E-state index >= 15 is 0 Å². The predicted octanol–water partition coefficient (Wildman–Crippen LogP) is 4.69. The van der Waals surface area contributed by atoms with Gasteiger partial charge < -0.3 is 19.7 Å². The number of para-hydroxylation sites is 1. The Morgan fingerprint density at radius 2 is 1.81 bits per heavy atom. The molecule has 5 rings (SSSR count). The van der Waals surface area contributed by atoms with Gasteiger partial charge in [-0.1, -0.05) is 12.1 Å². The minimum Gasteiger partial charge on any atom is -0.493 e. The van der Waals surface area contributed by atoms with Gasteiger partial charge in [-0.2, -0.15) is 5.26 Å². The van der Waals surface area contributed by atoms with Gasteiger partial charge in [0.1, 0.15) is 6.07 Å². The van der Waals surface area contributed by atoms with Crippen molar-refractivity contribution >= 4 is 22.3 Å². The van der Waals surface area contributed by atoms with Crippen LogP contribution in [0.4, 0.5) is 11.4 Å². The van der Waals surface area contributed by atoms with Crippen LogP contribution in [-0.2, 0) is 12.8 Å². The van der Waals surface area contributed by atoms with Crippen molar-refractivity contribution in [2.75, 3.05) is 37.5 Å². The first-order valence-corrected chi connectivity index (χ1v) is 11.3. The van der Waals surface area contributed by atoms with Gasteiger partial charge in [-0.05, 0) is 55.9 Å². The summed E-state index contributed by atoms with van der Waals surface area (Å²) in [6.07, 6.45) is 5.27. The number of anilines is 2. The lowest BCUT2D eigenvalue weighted by Crippen LogP contribution is -2.39. The molecule has 0 saturated carbocycles. The molecular formula is C26H28N4O2. The van der Waals surface area contributed by atoms with E-state index in [1.54, 1.807) is 14.2 Å². The Labute approximate surface area is 188 Å². The lowest BCUT2D eigenvalue weighted by atomic mass is 10.00. The highest BCUT2D eigenvalue weighted by Gasteiger charge is 2.26. The number of nitrogens with zero attached hydrogens (tertiary/aromatic N) is 3. The van der Waals surface area contributed by atoms with Crippen molar-refractivity contribution in [3.8, 4) is 17.6 Å². The van der Waals surface area contributed by atoms with Crippen LogP contribution in [0.1, 0.15) is 36.1 Å². The van der Waals surface area contributed by atoms with E-state index in [2.05, 4.69) is 28.4 Å². The quantitative estimate of drug-likeness (QED) is 0.636. The number of aryl methyl sites for hydroxylation is 1. The van der Waals surface area contributed by atoms with Gasteiger partial charge in [-0.3, -0.25) is 4.98 Å². The van der Waals surface area contributed by atoms with Crippen LogP contribution in [0, 0.1) is 11.3 Å². The molecule has 0 radical (unpaired) electrons. The first-order chi connectivity index (χ1) is 15.7. The van der Waals surface area contributed by atoms with E-state index in [4.69, 9.17) is 14.5 Å². The SMILES string of the molecule is COc1cc2nc3c(c(NC4CCN(c5ccccc5C#N)CC4)c2cc1OC)CCC3. The number of methoxy groups -OCH3 is 2. The van der Waals surface area contributed by atoms with E-state index < -0.39 is 0 Å². The van der Waals surface area contributed by atoms with Gasteiger partial charge in [0.25, 0.3) is 0 Å². The maximum atomic E-state index is 9.45. The lowest BCUT2D eigenvalue weighted by Gasteiger charge is -2.35. The monoisotopic (exact) mass is 428 g/mol. The Balaban J connectivity index is 1.43. The zero-order valence-electron chi connectivity index (χ0n) is 18.6. The maximum Gasteiger partial charge on any atom is 0.162 e. The van der Waals surface area contributed by atoms with Gasteiger partial charge in [0.15, 0.2) is 11.5 Å². The number of aromatic nitrogens is 1. The van der Waals surface area contributed by atoms with Gasteiger partial charge in [0.05, 0.1) is 31.0 Å². The van der Waals surface area contributed by atoms with Crippen LogP contribution in [0.2, 0.25) is 0 Å². The molecule has 1 saturated heterocycles. The number of nitrogens with one attached hydrogen (secondary N) is 1. The van der Waals surface area contributed by atoms with Gasteiger partial charge in [-0.25, -0.2) is 0 Å². The summed E-state index contributed by atoms with van der Waals surface area (Å²) in [6, 6.07) is 14.6. The second kappa shape index (κ2) is 8.58. The van der Waals surface area contributed by atoms with Crippen molar-refractivity contribution in [3.05, 3.63) is 53.2 Å². The van der Waals surface area contributed by atoms with E-state index in [1.165, 1.54) is 16.9 Å². The van der Waals surface area contributed by atoms with E-state index in [9.17, 15) is 5.26 Å². The summed E-state index contributed by atoms with van der Waals surface area (Å²) in [4.78, 5) is 7.28. The van der Waals surface area contributed by atoms with E-state index in [-0.39, 0.29) is 0 Å². The third-order valence-corrected chi connectivity index (χ3v) is 6.73. The first-order valence-electron chi connectivity index (χ1n) is 11.3. The number of benzene rings is 2. The maximum absolute atomic E-state index is 9.45. The standard InChI is InChI=1S/C26H28N4O2/c1-31-24-14-20-22(15-25(24)32-2)29-21-8-5-7-19(21)26(20)28-18-10-12-30(13-11-18)23-9-4-3-6-17(23)16-27/h3-4,6,9,14-15,18H,5,7-8,10-13H2,1-2H3,(H,28,29). The molecule has 0 bridgehead atoms. The highest BCUT2D eigenvalue weighted by Crippen LogP contribution is 2.40. The molecule has 3 aromatic rings. The lowest BCUT2D eigenvalue weighted by molar-refractivity contribution is 0.356. The molecule has 32 heavy (non-hydrogen) atoms. The number of nitriles is 1. The second-order valence-corrected chi connectivity index (χ2v) is 8.52. The topological polar surface area (TPSA) is 70.4 Å². The Bertz CT molecular complexity index is 1190. The Hall–Kier alpha value is -3.46. The summed E-state index contributed by atoms with van der Waals surface area (Å²) < 4.78 is 11.1. The van der Waals surface area contributed by atoms with Crippen molar-refractivity contribution in [1.82, 2.24) is 4.98 Å². The number of pyridine rings is 1. The molecule has 164 valence electrons. The number of rotatable bonds is 5. The summed E-state index contributed by atoms with van der Waals surface area (Å²) in [5.41, 5.74) is 6.50. The summed E-state index contributed by atoms with van der Waals surface area (Å²) in [7, 11) is 3.33. The molecule has 6 nitrogen and oxygen atoms in total. The molecule has 1 fully saturated rings. The molecule has 1 N–H and O–H groups in total. The number of hydrogen-bond acceptors (Lipinski definition) is 6. The fourth-order valence-corrected chi connectivity index (χ4v) is 5.07. The summed E-state index contributed by atoms with van der Waals surface area (Å²) in [5, 5.41) is 14.4. The second-order valence-electron chi connectivity index (χ2n) is 8.52. The number of piperidine rings is 1. The van der Waals surface area contributed by atoms with Crippen LogP contribution in [0.15, 0.2) is 36.4 Å². The molecular weight excluding hydrogens is 400 g/mol. The molecule has 0 spiro atoms. The first kappa shape index (κ1) is 20.4. The van der Waals surface area contributed by atoms with Crippen molar-refractivity contribution in [2.45, 2.75) is 38.1 Å². The molecule has 1 aliphatic carbocycles. The minimum atomic E-state index is 0.379. The van der Waals surface area contributed by atoms with Crippen molar-refractivity contribution < 1.29 is 9.47 Å². The van der Waals surface area contributed by atoms with Gasteiger partial charge in [0, 0.05) is 42.0 Å². The number of ether oxygens (including phenoxy) is 2. The van der Waals surface area contributed by atoms with Gasteiger partial charge in [0.2, 0.25) is 0 Å². The third kappa shape index (κ3) is 3.58. The molecule has 1 aliphatic heterocycles. The summed E-state index contributed by atoms with van der Waals surface area (Å²) in [6.45, 7) is 1.86. The van der Waals surface area contributed by atoms with E-state index in [0.29, 0.717) is 11.8 Å². The predicted molar refractivity (Wildman–Crippen MR) is 127 cm³/mol. The fraction of sp³-hybridized carbons (Fsp3) is 0.385. The van der Waals surface area contributed by atoms with Crippen LogP contribution >= 0.6 is 0 Å². The smallest absolute Gasteiger partial charge is 0.162 e. The van der Waals surface area contributed by atoms with Crippen molar-refractivity contribution in [2.24, 2.45) is 0 Å². The van der Waals surface area contributed by atoms with Gasteiger partial charge >= 0.3 is 0 Å². The summed E-state index contributed by atoms with van der Waals surface area (Å²) >= 11 is 0. The molecule has 2 heterocycles. The largest absolute Gasteiger partial charge is 0.493 e. The molecule has 6 heteroatoms. The third-order valence-electron chi connectivity index (χ3n) is 6.73. The van der Waals surface area contributed by atoms with Crippen molar-refractivity contribution in [3.63, 3.8) is 0 Å². The van der Waals surface area contributed by atoms with Crippen molar-refractivity contribution in [1.29, 1.82) is 5.26 Å². The Morgan fingerprint density at radius 3 is 2.56 bits per heavy atom. The number of fused-ring (bicyclic) bond motifs is 2. The number of hydrogen-bond donors (Lipinski definition) is 1. The highest BCUT2D eigenvalue weighted by molar-refractivity contribution is 5.96. The normalized spacial score (nSPS) is 16.0. The van der Waals surface area contributed by atoms with Gasteiger partial charge in [-0.15, -0.1) is 0 Å². The van der Waals surface area contributed by atoms with Crippen LogP contribution in [0.3, 0.4) is 0 Å². The average Bonchev–Trinajstić information content (AvgIpc) is 3.32. The molecule has 0 unspecified atom stereocenters. The zero-order valence-corrected chi connectivity index (χ0v) is 18.6. The molecule has 0 atom stereocenters. The van der Waals surface area contributed by atoms with Crippen LogP contribution in [-0.4, -0.2) is 38.3 Å². The van der Waals surface area contributed by atoms with E-state index in [1.807, 2.05) is 24.3 Å². The molecule has 2 aliphatic rings. The average molecular weight is 429 g/mol. The Morgan fingerprint density at radius 1 is 1.06 bits per heavy atom. The molecule has 1 aromatic heterocycles. The van der Waals surface area contributed by atoms with Crippen LogP contribution in [0.5, 0.6) is 11.5 Å². The van der Waals surface area contributed by atoms with Crippen LogP contribution in [0.25, 0.3) is 10.9 Å². The van der Waals surface area contributed by atoms with E-state index in [0.717, 1.165) is 73.1 Å². The van der Waals surface area contributed by atoms with Crippen LogP contribution < -0.4 is 19.7 Å². The molecule has 2 aromatic carbocycles.